The van der Waals surface area contributed by atoms with E-state index in [9.17, 15) is 4.79 Å². The molecule has 3 aromatic rings. The average Bonchev–Trinajstić information content (AvgIpc) is 3.41. The Balaban J connectivity index is 1.40. The van der Waals surface area contributed by atoms with Crippen LogP contribution < -0.4 is 5.32 Å². The number of aromatic nitrogens is 2. The molecule has 5 nitrogen and oxygen atoms in total. The Hall–Kier alpha value is -2.57. The topological polar surface area (TPSA) is 58.1 Å². The van der Waals surface area contributed by atoms with Gasteiger partial charge in [-0.3, -0.25) is 14.7 Å². The van der Waals surface area contributed by atoms with Crippen LogP contribution in [-0.2, 0) is 17.8 Å². The first-order chi connectivity index (χ1) is 13.8. The summed E-state index contributed by atoms with van der Waals surface area (Å²) >= 11 is 1.64. The summed E-state index contributed by atoms with van der Waals surface area (Å²) in [6, 6.07) is 13.9. The number of hydrogen-bond acceptors (Lipinski definition) is 5. The van der Waals surface area contributed by atoms with E-state index in [0.717, 1.165) is 48.6 Å². The Morgan fingerprint density at radius 2 is 1.96 bits per heavy atom. The predicted molar refractivity (Wildman–Crippen MR) is 111 cm³/mol. The molecule has 3 heterocycles. The number of carbonyl (C=O) groups excluding carboxylic acids is 1. The van der Waals surface area contributed by atoms with Crippen LogP contribution in [0.3, 0.4) is 0 Å². The van der Waals surface area contributed by atoms with Crippen molar-refractivity contribution in [2.24, 2.45) is 0 Å². The third-order valence-electron chi connectivity index (χ3n) is 5.00. The monoisotopic (exact) mass is 392 g/mol. The number of benzene rings is 1. The molecule has 1 aliphatic heterocycles. The van der Waals surface area contributed by atoms with Gasteiger partial charge in [-0.15, -0.1) is 11.3 Å². The molecule has 0 radical (unpaired) electrons. The average molecular weight is 393 g/mol. The maximum absolute atomic E-state index is 13.0. The van der Waals surface area contributed by atoms with Gasteiger partial charge in [0.2, 0.25) is 5.91 Å². The Bertz CT molecular complexity index is 891. The highest BCUT2D eigenvalue weighted by Crippen LogP contribution is 2.25. The molecule has 0 aliphatic carbocycles. The first-order valence-corrected chi connectivity index (χ1v) is 10.6. The van der Waals surface area contributed by atoms with Crippen LogP contribution in [0.4, 0.5) is 0 Å². The Morgan fingerprint density at radius 3 is 2.71 bits per heavy atom. The molecule has 1 fully saturated rings. The normalized spacial score (nSPS) is 15.4. The molecule has 0 spiro atoms. The maximum atomic E-state index is 13.0. The minimum Gasteiger partial charge on any atom is -0.349 e. The molecule has 1 saturated heterocycles. The molecule has 1 atom stereocenters. The van der Waals surface area contributed by atoms with Gasteiger partial charge < -0.3 is 5.32 Å². The van der Waals surface area contributed by atoms with Gasteiger partial charge >= 0.3 is 0 Å². The second kappa shape index (κ2) is 9.08. The zero-order valence-corrected chi connectivity index (χ0v) is 16.6. The summed E-state index contributed by atoms with van der Waals surface area (Å²) in [6.07, 6.45) is 6.64. The highest BCUT2D eigenvalue weighted by Gasteiger charge is 2.29. The van der Waals surface area contributed by atoms with E-state index in [-0.39, 0.29) is 11.9 Å². The number of thiazole rings is 1. The van der Waals surface area contributed by atoms with E-state index in [0.29, 0.717) is 6.54 Å². The van der Waals surface area contributed by atoms with Crippen LogP contribution >= 0.6 is 11.3 Å². The SMILES string of the molecule is O=C(NCc1csc(Cc2ccccc2)n1)[C@H](c1cccnc1)N1CCCC1. The van der Waals surface area contributed by atoms with E-state index in [1.54, 1.807) is 23.7 Å². The third kappa shape index (κ3) is 4.64. The van der Waals surface area contributed by atoms with E-state index in [1.807, 2.05) is 35.7 Å². The van der Waals surface area contributed by atoms with Crippen LogP contribution in [0.5, 0.6) is 0 Å². The maximum Gasteiger partial charge on any atom is 0.242 e. The van der Waals surface area contributed by atoms with Crippen molar-refractivity contribution in [3.8, 4) is 0 Å². The highest BCUT2D eigenvalue weighted by molar-refractivity contribution is 7.09. The van der Waals surface area contributed by atoms with Crippen molar-refractivity contribution in [2.75, 3.05) is 13.1 Å². The zero-order chi connectivity index (χ0) is 19.2. The fourth-order valence-electron chi connectivity index (χ4n) is 3.62. The van der Waals surface area contributed by atoms with Crippen LogP contribution in [0.1, 0.15) is 40.7 Å². The lowest BCUT2D eigenvalue weighted by Crippen LogP contribution is -2.39. The summed E-state index contributed by atoms with van der Waals surface area (Å²) in [5.74, 6) is 0.0208. The van der Waals surface area contributed by atoms with Crippen molar-refractivity contribution in [1.82, 2.24) is 20.2 Å². The molecule has 6 heteroatoms. The molecule has 4 rings (SSSR count). The third-order valence-corrected chi connectivity index (χ3v) is 5.89. The molecule has 1 N–H and O–H groups in total. The van der Waals surface area contributed by atoms with E-state index in [1.165, 1.54) is 5.56 Å². The molecule has 2 aromatic heterocycles. The Morgan fingerprint density at radius 1 is 1.14 bits per heavy atom. The van der Waals surface area contributed by atoms with Crippen LogP contribution in [0.15, 0.2) is 60.2 Å². The Kier molecular flexibility index (Phi) is 6.09. The van der Waals surface area contributed by atoms with Gasteiger partial charge in [0, 0.05) is 24.2 Å². The van der Waals surface area contributed by atoms with Gasteiger partial charge in [-0.1, -0.05) is 36.4 Å². The summed E-state index contributed by atoms with van der Waals surface area (Å²) in [4.78, 5) is 24.1. The van der Waals surface area contributed by atoms with Crippen LogP contribution in [-0.4, -0.2) is 33.9 Å². The second-order valence-electron chi connectivity index (χ2n) is 7.04. The molecule has 1 aromatic carbocycles. The van der Waals surface area contributed by atoms with Crippen molar-refractivity contribution in [1.29, 1.82) is 0 Å². The standard InChI is InChI=1S/C22H24N4OS/c27-22(21(26-11-4-5-12-26)18-9-6-10-23-14-18)24-15-19-16-28-20(25-19)13-17-7-2-1-3-8-17/h1-3,6-10,14,16,21H,4-5,11-13,15H2,(H,24,27)/t21-/m0/s1. The molecule has 0 unspecified atom stereocenters. The zero-order valence-electron chi connectivity index (χ0n) is 15.8. The number of likely N-dealkylation sites (tertiary alicyclic amines) is 1. The summed E-state index contributed by atoms with van der Waals surface area (Å²) in [5.41, 5.74) is 3.11. The van der Waals surface area contributed by atoms with Crippen LogP contribution in [0, 0.1) is 0 Å². The van der Waals surface area contributed by atoms with Crippen molar-refractivity contribution < 1.29 is 4.79 Å². The first kappa shape index (κ1) is 18.8. The first-order valence-electron chi connectivity index (χ1n) is 9.68. The van der Waals surface area contributed by atoms with Crippen molar-refractivity contribution >= 4 is 17.2 Å². The molecule has 0 saturated carbocycles. The lowest BCUT2D eigenvalue weighted by atomic mass is 10.1. The quantitative estimate of drug-likeness (QED) is 0.668. The highest BCUT2D eigenvalue weighted by atomic mass is 32.1. The van der Waals surface area contributed by atoms with Gasteiger partial charge in [0.1, 0.15) is 6.04 Å². The minimum absolute atomic E-state index is 0.0208. The lowest BCUT2D eigenvalue weighted by molar-refractivity contribution is -0.126. The number of amides is 1. The van der Waals surface area contributed by atoms with Gasteiger partial charge in [-0.05, 0) is 43.1 Å². The number of carbonyl (C=O) groups is 1. The lowest BCUT2D eigenvalue weighted by Gasteiger charge is -2.26. The Labute approximate surface area is 169 Å². The predicted octanol–water partition coefficient (Wildman–Crippen LogP) is 3.58. The molecule has 1 amide bonds. The molecule has 0 bridgehead atoms. The summed E-state index contributed by atoms with van der Waals surface area (Å²) in [5, 5.41) is 6.19. The van der Waals surface area contributed by atoms with Crippen molar-refractivity contribution in [2.45, 2.75) is 31.8 Å². The molecule has 1 aliphatic rings. The van der Waals surface area contributed by atoms with Gasteiger partial charge in [0.25, 0.3) is 0 Å². The summed E-state index contributed by atoms with van der Waals surface area (Å²) in [6.45, 7) is 2.35. The summed E-state index contributed by atoms with van der Waals surface area (Å²) < 4.78 is 0. The number of hydrogen-bond donors (Lipinski definition) is 1. The van der Waals surface area contributed by atoms with Crippen LogP contribution in [0.2, 0.25) is 0 Å². The molecular weight excluding hydrogens is 368 g/mol. The smallest absolute Gasteiger partial charge is 0.242 e. The minimum atomic E-state index is -0.279. The largest absolute Gasteiger partial charge is 0.349 e. The van der Waals surface area contributed by atoms with Gasteiger partial charge in [0.05, 0.1) is 17.2 Å². The van der Waals surface area contributed by atoms with Crippen molar-refractivity contribution in [3.63, 3.8) is 0 Å². The van der Waals surface area contributed by atoms with Gasteiger partial charge in [0.15, 0.2) is 0 Å². The summed E-state index contributed by atoms with van der Waals surface area (Å²) in [7, 11) is 0. The molecular formula is C22H24N4OS. The molecule has 144 valence electrons. The van der Waals surface area contributed by atoms with Gasteiger partial charge in [-0.2, -0.15) is 0 Å². The number of rotatable bonds is 7. The van der Waals surface area contributed by atoms with Crippen molar-refractivity contribution in [3.05, 3.63) is 82.1 Å². The van der Waals surface area contributed by atoms with E-state index in [4.69, 9.17) is 0 Å². The molecule has 28 heavy (non-hydrogen) atoms. The van der Waals surface area contributed by atoms with Crippen LogP contribution in [0.25, 0.3) is 0 Å². The van der Waals surface area contributed by atoms with E-state index >= 15 is 0 Å². The van der Waals surface area contributed by atoms with E-state index in [2.05, 4.69) is 32.3 Å². The van der Waals surface area contributed by atoms with Gasteiger partial charge in [-0.25, -0.2) is 4.98 Å². The van der Waals surface area contributed by atoms with E-state index < -0.39 is 0 Å². The fourth-order valence-corrected chi connectivity index (χ4v) is 4.45. The number of nitrogens with zero attached hydrogens (tertiary/aromatic N) is 3. The number of nitrogens with one attached hydrogen (secondary N) is 1. The number of pyridine rings is 1. The second-order valence-corrected chi connectivity index (χ2v) is 7.99. The fraction of sp³-hybridized carbons (Fsp3) is 0.318.